The summed E-state index contributed by atoms with van der Waals surface area (Å²) in [6, 6.07) is 12.0. The third-order valence-electron chi connectivity index (χ3n) is 3.06. The molecule has 0 spiro atoms. The fourth-order valence-corrected chi connectivity index (χ4v) is 2.34. The van der Waals surface area contributed by atoms with Crippen LogP contribution in [0.15, 0.2) is 51.7 Å². The normalized spacial score (nSPS) is 10.9. The van der Waals surface area contributed by atoms with E-state index in [-0.39, 0.29) is 0 Å². The van der Waals surface area contributed by atoms with E-state index in [1.165, 1.54) is 11.1 Å². The molecule has 1 aromatic carbocycles. The number of nitrogens with two attached hydrogens (primary N) is 1. The monoisotopic (exact) mass is 331 g/mol. The maximum atomic E-state index is 6.00. The zero-order chi connectivity index (χ0) is 14.1. The van der Waals surface area contributed by atoms with Crippen LogP contribution < -0.4 is 5.73 Å². The van der Waals surface area contributed by atoms with E-state index in [4.69, 9.17) is 10.2 Å². The molecule has 0 atom stereocenters. The Labute approximate surface area is 125 Å². The first-order chi connectivity index (χ1) is 9.61. The first-order valence-electron chi connectivity index (χ1n) is 6.26. The van der Waals surface area contributed by atoms with Crippen LogP contribution in [0, 0.1) is 6.92 Å². The molecule has 3 aromatic rings. The van der Waals surface area contributed by atoms with Crippen molar-refractivity contribution in [1.82, 2.24) is 9.78 Å². The van der Waals surface area contributed by atoms with Crippen LogP contribution in [0.3, 0.4) is 0 Å². The van der Waals surface area contributed by atoms with Gasteiger partial charge in [0.2, 0.25) is 0 Å². The van der Waals surface area contributed by atoms with Crippen LogP contribution in [0.4, 0.5) is 5.69 Å². The van der Waals surface area contributed by atoms with Crippen molar-refractivity contribution in [3.8, 4) is 11.5 Å². The van der Waals surface area contributed by atoms with E-state index in [0.29, 0.717) is 28.4 Å². The van der Waals surface area contributed by atoms with Crippen molar-refractivity contribution < 1.29 is 4.42 Å². The lowest BCUT2D eigenvalue weighted by molar-refractivity contribution is 0.551. The van der Waals surface area contributed by atoms with Crippen molar-refractivity contribution in [2.45, 2.75) is 13.5 Å². The van der Waals surface area contributed by atoms with Crippen molar-refractivity contribution in [1.29, 1.82) is 0 Å². The molecule has 0 radical (unpaired) electrons. The van der Waals surface area contributed by atoms with Crippen LogP contribution in [0.25, 0.3) is 11.5 Å². The fraction of sp³-hybridized carbons (Fsp3) is 0.133. The van der Waals surface area contributed by atoms with Gasteiger partial charge in [0.25, 0.3) is 0 Å². The molecule has 2 heterocycles. The summed E-state index contributed by atoms with van der Waals surface area (Å²) in [5.41, 5.74) is 9.71. The Balaban J connectivity index is 1.87. The highest BCUT2D eigenvalue weighted by atomic mass is 79.9. The Morgan fingerprint density at radius 3 is 2.60 bits per heavy atom. The van der Waals surface area contributed by atoms with Gasteiger partial charge in [-0.05, 0) is 40.5 Å². The standard InChI is InChI=1S/C15H14BrN3O/c1-10-2-4-11(5-3-10)8-19-9-12(17)15(18-19)13-6-7-14(16)20-13/h2-7,9H,8,17H2,1H3. The lowest BCUT2D eigenvalue weighted by atomic mass is 10.1. The average Bonchev–Trinajstić information content (AvgIpc) is 2.98. The van der Waals surface area contributed by atoms with E-state index >= 15 is 0 Å². The van der Waals surface area contributed by atoms with Crippen LogP contribution >= 0.6 is 15.9 Å². The molecule has 0 aliphatic heterocycles. The lowest BCUT2D eigenvalue weighted by Gasteiger charge is -2.02. The maximum Gasteiger partial charge on any atom is 0.169 e. The number of aryl methyl sites for hydroxylation is 1. The van der Waals surface area contributed by atoms with Crippen molar-refractivity contribution in [3.63, 3.8) is 0 Å². The van der Waals surface area contributed by atoms with E-state index in [9.17, 15) is 0 Å². The molecule has 3 rings (SSSR count). The first kappa shape index (κ1) is 13.0. The summed E-state index contributed by atoms with van der Waals surface area (Å²) in [6.45, 7) is 2.76. The van der Waals surface area contributed by atoms with Gasteiger partial charge in [-0.25, -0.2) is 0 Å². The minimum absolute atomic E-state index is 0.610. The summed E-state index contributed by atoms with van der Waals surface area (Å²) in [7, 11) is 0. The lowest BCUT2D eigenvalue weighted by Crippen LogP contribution is -2.00. The number of rotatable bonds is 3. The molecule has 0 saturated heterocycles. The molecule has 2 N–H and O–H groups in total. The van der Waals surface area contributed by atoms with E-state index in [1.807, 2.05) is 23.0 Å². The summed E-state index contributed by atoms with van der Waals surface area (Å²) in [6.07, 6.45) is 1.83. The molecule has 4 nitrogen and oxygen atoms in total. The number of furan rings is 1. The fourth-order valence-electron chi connectivity index (χ4n) is 2.03. The molecule has 0 saturated carbocycles. The van der Waals surface area contributed by atoms with Gasteiger partial charge < -0.3 is 10.2 Å². The highest BCUT2D eigenvalue weighted by Crippen LogP contribution is 2.28. The smallest absolute Gasteiger partial charge is 0.169 e. The predicted octanol–water partition coefficient (Wildman–Crippen LogP) is 3.84. The second-order valence-electron chi connectivity index (χ2n) is 4.72. The van der Waals surface area contributed by atoms with E-state index in [2.05, 4.69) is 52.2 Å². The number of benzene rings is 1. The van der Waals surface area contributed by atoms with Gasteiger partial charge in [0.05, 0.1) is 12.2 Å². The van der Waals surface area contributed by atoms with Crippen molar-refractivity contribution in [3.05, 3.63) is 58.4 Å². The Kier molecular flexibility index (Phi) is 3.36. The molecular formula is C15H14BrN3O. The van der Waals surface area contributed by atoms with Gasteiger partial charge in [0.1, 0.15) is 0 Å². The summed E-state index contributed by atoms with van der Waals surface area (Å²) in [4.78, 5) is 0. The van der Waals surface area contributed by atoms with Crippen molar-refractivity contribution in [2.24, 2.45) is 0 Å². The molecule has 0 aliphatic rings. The molecule has 2 aromatic heterocycles. The molecule has 0 bridgehead atoms. The van der Waals surface area contributed by atoms with Crippen LogP contribution in [-0.4, -0.2) is 9.78 Å². The molecule has 102 valence electrons. The van der Waals surface area contributed by atoms with Gasteiger partial charge in [-0.3, -0.25) is 4.68 Å². The van der Waals surface area contributed by atoms with Gasteiger partial charge in [0.15, 0.2) is 16.1 Å². The Bertz CT molecular complexity index is 728. The van der Waals surface area contributed by atoms with Crippen LogP contribution in [0.5, 0.6) is 0 Å². The number of hydrogen-bond donors (Lipinski definition) is 1. The van der Waals surface area contributed by atoms with E-state index < -0.39 is 0 Å². The minimum Gasteiger partial charge on any atom is -0.448 e. The largest absolute Gasteiger partial charge is 0.448 e. The SMILES string of the molecule is Cc1ccc(Cn2cc(N)c(-c3ccc(Br)o3)n2)cc1. The Hall–Kier alpha value is -2.01. The molecule has 0 fully saturated rings. The summed E-state index contributed by atoms with van der Waals surface area (Å²) in [5, 5.41) is 4.49. The highest BCUT2D eigenvalue weighted by molar-refractivity contribution is 9.10. The third-order valence-corrected chi connectivity index (χ3v) is 3.49. The predicted molar refractivity (Wildman–Crippen MR) is 82.3 cm³/mol. The van der Waals surface area contributed by atoms with E-state index in [0.717, 1.165) is 0 Å². The molecule has 0 aliphatic carbocycles. The van der Waals surface area contributed by atoms with Crippen molar-refractivity contribution in [2.75, 3.05) is 5.73 Å². The summed E-state index contributed by atoms with van der Waals surface area (Å²) < 4.78 is 7.98. The zero-order valence-corrected chi connectivity index (χ0v) is 12.6. The van der Waals surface area contributed by atoms with Gasteiger partial charge in [-0.15, -0.1) is 0 Å². The maximum absolute atomic E-state index is 6.00. The number of aromatic nitrogens is 2. The zero-order valence-electron chi connectivity index (χ0n) is 11.0. The van der Waals surface area contributed by atoms with Crippen molar-refractivity contribution >= 4 is 21.6 Å². The Morgan fingerprint density at radius 2 is 1.95 bits per heavy atom. The quantitative estimate of drug-likeness (QED) is 0.793. The van der Waals surface area contributed by atoms with Crippen LogP contribution in [-0.2, 0) is 6.54 Å². The number of nitrogen functional groups attached to an aromatic ring is 1. The summed E-state index contributed by atoms with van der Waals surface area (Å²) >= 11 is 3.28. The number of nitrogens with zero attached hydrogens (tertiary/aromatic N) is 2. The van der Waals surface area contributed by atoms with Crippen LogP contribution in [0.2, 0.25) is 0 Å². The first-order valence-corrected chi connectivity index (χ1v) is 7.05. The highest BCUT2D eigenvalue weighted by Gasteiger charge is 2.12. The number of anilines is 1. The van der Waals surface area contributed by atoms with Gasteiger partial charge >= 0.3 is 0 Å². The third kappa shape index (κ3) is 2.63. The molecular weight excluding hydrogens is 318 g/mol. The molecule has 0 unspecified atom stereocenters. The topological polar surface area (TPSA) is 57.0 Å². The van der Waals surface area contributed by atoms with E-state index in [1.54, 1.807) is 0 Å². The van der Waals surface area contributed by atoms with Gasteiger partial charge in [0, 0.05) is 6.20 Å². The molecule has 0 amide bonds. The van der Waals surface area contributed by atoms with Crippen LogP contribution in [0.1, 0.15) is 11.1 Å². The number of halogens is 1. The number of hydrogen-bond acceptors (Lipinski definition) is 3. The summed E-state index contributed by atoms with van der Waals surface area (Å²) in [5.74, 6) is 0.664. The Morgan fingerprint density at radius 1 is 1.20 bits per heavy atom. The molecule has 20 heavy (non-hydrogen) atoms. The second kappa shape index (κ2) is 5.17. The molecule has 5 heteroatoms. The minimum atomic E-state index is 0.610. The second-order valence-corrected chi connectivity index (χ2v) is 5.50. The average molecular weight is 332 g/mol. The van der Waals surface area contributed by atoms with Gasteiger partial charge in [-0.2, -0.15) is 5.10 Å². The van der Waals surface area contributed by atoms with Gasteiger partial charge in [-0.1, -0.05) is 29.8 Å².